The maximum Gasteiger partial charge on any atom is 0.0812 e. The molecule has 2 aliphatic carbocycles. The van der Waals surface area contributed by atoms with Gasteiger partial charge in [-0.25, -0.2) is 0 Å². The maximum atomic E-state index is 4.27. The van der Waals surface area contributed by atoms with Crippen molar-refractivity contribution < 1.29 is 0 Å². The molecule has 0 amide bonds. The summed E-state index contributed by atoms with van der Waals surface area (Å²) in [4.78, 5) is 4.67. The molecule has 0 aromatic carbocycles. The lowest BCUT2D eigenvalue weighted by molar-refractivity contribution is 0.192. The minimum atomic E-state index is 0.329. The third kappa shape index (κ3) is 8.27. The third-order valence-corrected chi connectivity index (χ3v) is 20.8. The van der Waals surface area contributed by atoms with E-state index >= 15 is 0 Å². The van der Waals surface area contributed by atoms with Crippen molar-refractivity contribution in [3.8, 4) is 0 Å². The molecular formula is C36H48S7. The highest BCUT2D eigenvalue weighted by Crippen LogP contribution is 2.63. The topological polar surface area (TPSA) is 0 Å². The molecule has 0 nitrogen and oxygen atoms in total. The van der Waals surface area contributed by atoms with Crippen LogP contribution in [0.15, 0.2) is 89.0 Å². The van der Waals surface area contributed by atoms with E-state index in [0.29, 0.717) is 36.9 Å². The Morgan fingerprint density at radius 2 is 1.84 bits per heavy atom. The van der Waals surface area contributed by atoms with E-state index in [-0.39, 0.29) is 0 Å². The van der Waals surface area contributed by atoms with Gasteiger partial charge in [0, 0.05) is 26.1 Å². The molecule has 5 rings (SSSR count). The monoisotopic (exact) mass is 704 g/mol. The standard InChI is InChI=1S/C36H48S7/c1-9-15-30(41-32-24(6)38-31(23(5)39-32)18-25-16-13-12-14-17-25)33-42-34-35(43-33)40-27(21-37-34)19-29-22(4)36(7,8)20-26(10-2)28(29)11-3/h11-14,16,18-19,22-23,26,31,34-35H,3,9-10,15,17,20-21H2,1-2,4-8H3/b25-18-,27-19+,33-30+. The van der Waals surface area contributed by atoms with E-state index in [9.17, 15) is 0 Å². The molecule has 5 aliphatic rings. The molecule has 0 radical (unpaired) electrons. The zero-order valence-electron chi connectivity index (χ0n) is 26.8. The molecule has 43 heavy (non-hydrogen) atoms. The van der Waals surface area contributed by atoms with Crippen LogP contribution in [-0.2, 0) is 0 Å². The van der Waals surface area contributed by atoms with Crippen LogP contribution in [0.2, 0.25) is 0 Å². The highest BCUT2D eigenvalue weighted by atomic mass is 32.3. The van der Waals surface area contributed by atoms with Gasteiger partial charge in [0.05, 0.1) is 17.6 Å². The number of hydrogen-bond donors (Lipinski definition) is 0. The van der Waals surface area contributed by atoms with Crippen molar-refractivity contribution in [1.82, 2.24) is 0 Å². The van der Waals surface area contributed by atoms with Crippen molar-refractivity contribution in [2.75, 3.05) is 5.75 Å². The number of rotatable bonds is 8. The Labute approximate surface area is 292 Å². The maximum absolute atomic E-state index is 4.27. The van der Waals surface area contributed by atoms with Crippen molar-refractivity contribution in [3.63, 3.8) is 0 Å². The molecule has 0 spiro atoms. The van der Waals surface area contributed by atoms with Crippen molar-refractivity contribution in [2.45, 2.75) is 100 Å². The third-order valence-electron chi connectivity index (χ3n) is 9.11. The fourth-order valence-electron chi connectivity index (χ4n) is 6.29. The first-order valence-electron chi connectivity index (χ1n) is 15.8. The first-order valence-corrected chi connectivity index (χ1v) is 22.1. The van der Waals surface area contributed by atoms with E-state index in [4.69, 9.17) is 0 Å². The molecule has 7 heteroatoms. The molecule has 2 saturated heterocycles. The molecule has 234 valence electrons. The fraction of sp³-hybridized carbons (Fsp3) is 0.556. The average molecular weight is 705 g/mol. The summed E-state index contributed by atoms with van der Waals surface area (Å²) in [6.45, 7) is 21.1. The van der Waals surface area contributed by atoms with Gasteiger partial charge in [-0.1, -0.05) is 103 Å². The molecule has 6 unspecified atom stereocenters. The molecular weight excluding hydrogens is 657 g/mol. The number of hydrogen-bond acceptors (Lipinski definition) is 7. The Hall–Kier alpha value is 0.370. The molecule has 0 aromatic rings. The summed E-state index contributed by atoms with van der Waals surface area (Å²) in [5.41, 5.74) is 4.85. The summed E-state index contributed by atoms with van der Waals surface area (Å²) in [6, 6.07) is 0. The van der Waals surface area contributed by atoms with Gasteiger partial charge in [-0.15, -0.1) is 70.6 Å². The van der Waals surface area contributed by atoms with Crippen LogP contribution >= 0.6 is 82.3 Å². The Morgan fingerprint density at radius 3 is 2.53 bits per heavy atom. The molecule has 0 N–H and O–H groups in total. The normalized spacial score (nSPS) is 35.6. The van der Waals surface area contributed by atoms with Gasteiger partial charge < -0.3 is 0 Å². The minimum Gasteiger partial charge on any atom is -0.140 e. The van der Waals surface area contributed by atoms with Crippen molar-refractivity contribution >= 4 is 82.3 Å². The summed E-state index contributed by atoms with van der Waals surface area (Å²) in [6.07, 6.45) is 22.1. The average Bonchev–Trinajstić information content (AvgIpc) is 3.41. The lowest BCUT2D eigenvalue weighted by atomic mass is 9.62. The fourth-order valence-corrected chi connectivity index (χ4v) is 18.1. The van der Waals surface area contributed by atoms with Crippen LogP contribution in [0.4, 0.5) is 0 Å². The number of fused-ring (bicyclic) bond motifs is 1. The highest BCUT2D eigenvalue weighted by molar-refractivity contribution is 8.38. The van der Waals surface area contributed by atoms with Gasteiger partial charge in [0.25, 0.3) is 0 Å². The Kier molecular flexibility index (Phi) is 12.5. The lowest BCUT2D eigenvalue weighted by Gasteiger charge is -2.43. The summed E-state index contributed by atoms with van der Waals surface area (Å²) in [5, 5.41) is 1.12. The summed E-state index contributed by atoms with van der Waals surface area (Å²) < 4.78 is 4.36. The van der Waals surface area contributed by atoms with E-state index in [0.717, 1.165) is 12.2 Å². The second kappa shape index (κ2) is 15.5. The zero-order chi connectivity index (χ0) is 30.7. The molecule has 0 bridgehead atoms. The van der Waals surface area contributed by atoms with Crippen molar-refractivity contribution in [3.05, 3.63) is 89.0 Å². The molecule has 0 aromatic heterocycles. The molecule has 0 saturated carbocycles. The van der Waals surface area contributed by atoms with Crippen molar-refractivity contribution in [1.29, 1.82) is 0 Å². The zero-order valence-corrected chi connectivity index (χ0v) is 32.5. The smallest absolute Gasteiger partial charge is 0.0812 e. The van der Waals surface area contributed by atoms with Gasteiger partial charge in [0.15, 0.2) is 0 Å². The van der Waals surface area contributed by atoms with Gasteiger partial charge in [-0.2, -0.15) is 0 Å². The summed E-state index contributed by atoms with van der Waals surface area (Å²) in [5.74, 6) is 2.33. The molecule has 3 aliphatic heterocycles. The predicted octanol–water partition coefficient (Wildman–Crippen LogP) is 13.6. The first kappa shape index (κ1) is 34.7. The van der Waals surface area contributed by atoms with Crippen LogP contribution in [0.5, 0.6) is 0 Å². The summed E-state index contributed by atoms with van der Waals surface area (Å²) >= 11 is 14.9. The number of allylic oxidation sites excluding steroid dienone is 11. The first-order chi connectivity index (χ1) is 20.6. The van der Waals surface area contributed by atoms with Gasteiger partial charge >= 0.3 is 0 Å². The second-order valence-corrected chi connectivity index (χ2v) is 22.4. The molecule has 6 atom stereocenters. The quantitative estimate of drug-likeness (QED) is 0.243. The molecule has 3 heterocycles. The SMILES string of the molecule is C=CC1=C(/C=C2\CSC3S/C(=C(/CCC)SC4=C(C)SC(/C=C5/C=CC=CC5)C(C)S4)SC3S2)C(C)C(C)(C)CC1CC. The van der Waals surface area contributed by atoms with E-state index in [2.05, 4.69) is 180 Å². The van der Waals surface area contributed by atoms with Crippen LogP contribution < -0.4 is 0 Å². The van der Waals surface area contributed by atoms with Crippen LogP contribution in [0.1, 0.15) is 80.6 Å². The predicted molar refractivity (Wildman–Crippen MR) is 211 cm³/mol. The van der Waals surface area contributed by atoms with Crippen LogP contribution in [0.3, 0.4) is 0 Å². The van der Waals surface area contributed by atoms with Crippen LogP contribution in [0.25, 0.3) is 0 Å². The number of thioether (sulfide) groups is 7. The van der Waals surface area contributed by atoms with Gasteiger partial charge in [0.1, 0.15) is 0 Å². The second-order valence-electron chi connectivity index (χ2n) is 12.7. The van der Waals surface area contributed by atoms with Gasteiger partial charge in [-0.05, 0) is 77.6 Å². The highest BCUT2D eigenvalue weighted by Gasteiger charge is 2.41. The van der Waals surface area contributed by atoms with Crippen molar-refractivity contribution in [2.24, 2.45) is 17.3 Å². The molecule has 2 fully saturated rings. The Bertz CT molecular complexity index is 1290. The minimum absolute atomic E-state index is 0.329. The lowest BCUT2D eigenvalue weighted by Crippen LogP contribution is -2.32. The van der Waals surface area contributed by atoms with Crippen LogP contribution in [-0.4, -0.2) is 25.4 Å². The van der Waals surface area contributed by atoms with E-state index in [1.807, 2.05) is 0 Å². The van der Waals surface area contributed by atoms with E-state index in [1.54, 1.807) is 19.6 Å². The Morgan fingerprint density at radius 1 is 1.05 bits per heavy atom. The largest absolute Gasteiger partial charge is 0.140 e. The summed E-state index contributed by atoms with van der Waals surface area (Å²) in [7, 11) is 0. The van der Waals surface area contributed by atoms with E-state index < -0.39 is 0 Å². The Balaban J connectivity index is 1.32. The van der Waals surface area contributed by atoms with E-state index in [1.165, 1.54) is 46.0 Å². The van der Waals surface area contributed by atoms with Gasteiger partial charge in [-0.3, -0.25) is 0 Å². The van der Waals surface area contributed by atoms with Crippen LogP contribution in [0, 0.1) is 17.3 Å². The van der Waals surface area contributed by atoms with Gasteiger partial charge in [0.2, 0.25) is 0 Å².